The molecule has 0 bridgehead atoms. The number of carbonyl (C=O) groups excluding carboxylic acids is 1. The van der Waals surface area contributed by atoms with Gasteiger partial charge < -0.3 is 14.2 Å². The van der Waals surface area contributed by atoms with Crippen molar-refractivity contribution in [3.63, 3.8) is 0 Å². The van der Waals surface area contributed by atoms with Gasteiger partial charge in [-0.05, 0) is 5.56 Å². The maximum absolute atomic E-state index is 11.9. The Morgan fingerprint density at radius 1 is 1.19 bits per heavy atom. The minimum Gasteiger partial charge on any atom is -0.436 e. The zero-order valence-corrected chi connectivity index (χ0v) is 12.7. The van der Waals surface area contributed by atoms with Gasteiger partial charge in [-0.1, -0.05) is 30.3 Å². The number of esters is 1. The molecule has 1 aromatic carbocycles. The third-order valence-corrected chi connectivity index (χ3v) is 2.85. The molecule has 1 rings (SSSR count). The van der Waals surface area contributed by atoms with Crippen LogP contribution in [0.3, 0.4) is 0 Å². The van der Waals surface area contributed by atoms with E-state index < -0.39 is 22.2 Å². The Morgan fingerprint density at radius 3 is 2.43 bits per heavy atom. The van der Waals surface area contributed by atoms with Crippen molar-refractivity contribution in [3.05, 3.63) is 35.9 Å². The zero-order chi connectivity index (χ0) is 15.7. The Labute approximate surface area is 123 Å². The molecule has 0 N–H and O–H groups in total. The number of rotatable bonds is 9. The normalized spacial score (nSPS) is 12.9. The lowest BCUT2D eigenvalue weighted by atomic mass is 10.1. The van der Waals surface area contributed by atoms with Crippen molar-refractivity contribution in [3.8, 4) is 0 Å². The van der Waals surface area contributed by atoms with E-state index in [9.17, 15) is 13.2 Å². The molecule has 0 saturated heterocycles. The van der Waals surface area contributed by atoms with Gasteiger partial charge in [-0.3, -0.25) is 4.18 Å². The summed E-state index contributed by atoms with van der Waals surface area (Å²) < 4.78 is 41.9. The summed E-state index contributed by atoms with van der Waals surface area (Å²) in [7, 11) is -2.30. The summed E-state index contributed by atoms with van der Waals surface area (Å²) >= 11 is 0. The Hall–Kier alpha value is -1.48. The van der Waals surface area contributed by atoms with Gasteiger partial charge in [0.05, 0.1) is 19.5 Å². The maximum Gasteiger partial charge on any atom is 0.343 e. The van der Waals surface area contributed by atoms with E-state index in [1.165, 1.54) is 7.11 Å². The smallest absolute Gasteiger partial charge is 0.343 e. The highest BCUT2D eigenvalue weighted by Crippen LogP contribution is 2.20. The lowest BCUT2D eigenvalue weighted by Gasteiger charge is -2.15. The lowest BCUT2D eigenvalue weighted by Crippen LogP contribution is -2.23. The summed E-state index contributed by atoms with van der Waals surface area (Å²) in [4.78, 5) is 11.9. The average Bonchev–Trinajstić information content (AvgIpc) is 2.44. The first-order valence-electron chi connectivity index (χ1n) is 6.10. The quantitative estimate of drug-likeness (QED) is 0.289. The largest absolute Gasteiger partial charge is 0.436 e. The molecule has 0 aliphatic rings. The van der Waals surface area contributed by atoms with Crippen LogP contribution in [0, 0.1) is 0 Å². The first-order chi connectivity index (χ1) is 9.94. The predicted molar refractivity (Wildman–Crippen MR) is 73.9 cm³/mol. The highest BCUT2D eigenvalue weighted by atomic mass is 32.2. The van der Waals surface area contributed by atoms with Gasteiger partial charge in [0.2, 0.25) is 0 Å². The first kappa shape index (κ1) is 17.6. The highest BCUT2D eigenvalue weighted by molar-refractivity contribution is 7.86. The molecule has 0 saturated carbocycles. The summed E-state index contributed by atoms with van der Waals surface area (Å²) in [5.41, 5.74) is 0.379. The molecule has 1 atom stereocenters. The topological polar surface area (TPSA) is 88.1 Å². The molecule has 0 heterocycles. The monoisotopic (exact) mass is 318 g/mol. The van der Waals surface area contributed by atoms with Crippen molar-refractivity contribution >= 4 is 16.1 Å². The van der Waals surface area contributed by atoms with Gasteiger partial charge in [0.15, 0.2) is 12.9 Å². The SMILES string of the molecule is COCCOCOC(=O)[C@H](OS(C)(=O)=O)c1ccccc1. The Balaban J connectivity index is 2.66. The van der Waals surface area contributed by atoms with Crippen molar-refractivity contribution in [1.82, 2.24) is 0 Å². The average molecular weight is 318 g/mol. The number of hydrogen-bond donors (Lipinski definition) is 0. The number of hydrogen-bond acceptors (Lipinski definition) is 7. The van der Waals surface area contributed by atoms with Gasteiger partial charge in [-0.25, -0.2) is 4.79 Å². The summed E-state index contributed by atoms with van der Waals surface area (Å²) in [6.45, 7) is 0.310. The van der Waals surface area contributed by atoms with Gasteiger partial charge in [0.1, 0.15) is 0 Å². The molecule has 0 radical (unpaired) electrons. The Bertz CT molecular complexity index is 527. The third kappa shape index (κ3) is 7.19. The molecule has 8 heteroatoms. The second-order valence-corrected chi connectivity index (χ2v) is 5.67. The van der Waals surface area contributed by atoms with Crippen LogP contribution in [0.15, 0.2) is 30.3 Å². The molecule has 0 aliphatic heterocycles. The maximum atomic E-state index is 11.9. The lowest BCUT2D eigenvalue weighted by molar-refractivity contribution is -0.165. The van der Waals surface area contributed by atoms with Crippen molar-refractivity contribution in [2.24, 2.45) is 0 Å². The fraction of sp³-hybridized carbons (Fsp3) is 0.462. The van der Waals surface area contributed by atoms with Crippen LogP contribution in [-0.4, -0.2) is 47.8 Å². The molecule has 0 amide bonds. The van der Waals surface area contributed by atoms with Crippen LogP contribution in [0.2, 0.25) is 0 Å². The molecular weight excluding hydrogens is 300 g/mol. The molecule has 0 unspecified atom stereocenters. The van der Waals surface area contributed by atoms with E-state index in [0.717, 1.165) is 6.26 Å². The molecule has 21 heavy (non-hydrogen) atoms. The molecule has 0 aromatic heterocycles. The number of methoxy groups -OCH3 is 1. The van der Waals surface area contributed by atoms with Gasteiger partial charge in [0.25, 0.3) is 10.1 Å². The van der Waals surface area contributed by atoms with Crippen molar-refractivity contribution < 1.29 is 31.6 Å². The van der Waals surface area contributed by atoms with E-state index in [2.05, 4.69) is 0 Å². The van der Waals surface area contributed by atoms with E-state index in [1.807, 2.05) is 0 Å². The minimum atomic E-state index is -3.82. The summed E-state index contributed by atoms with van der Waals surface area (Å²) in [5, 5.41) is 0. The molecule has 118 valence electrons. The summed E-state index contributed by atoms with van der Waals surface area (Å²) in [5.74, 6) is -0.843. The van der Waals surface area contributed by atoms with Crippen LogP contribution in [0.25, 0.3) is 0 Å². The number of carbonyl (C=O) groups is 1. The van der Waals surface area contributed by atoms with Crippen LogP contribution < -0.4 is 0 Å². The van der Waals surface area contributed by atoms with Crippen LogP contribution >= 0.6 is 0 Å². The van der Waals surface area contributed by atoms with Gasteiger partial charge >= 0.3 is 5.97 Å². The van der Waals surface area contributed by atoms with Gasteiger partial charge in [0, 0.05) is 7.11 Å². The van der Waals surface area contributed by atoms with E-state index in [4.69, 9.17) is 18.4 Å². The molecule has 1 aromatic rings. The molecule has 0 aliphatic carbocycles. The number of benzene rings is 1. The van der Waals surface area contributed by atoms with E-state index in [0.29, 0.717) is 12.2 Å². The Morgan fingerprint density at radius 2 is 1.86 bits per heavy atom. The van der Waals surface area contributed by atoms with Crippen LogP contribution in [-0.2, 0) is 33.3 Å². The first-order valence-corrected chi connectivity index (χ1v) is 7.92. The molecule has 7 nitrogen and oxygen atoms in total. The Kier molecular flexibility index (Phi) is 7.30. The molecular formula is C13H18O7S. The second kappa shape index (κ2) is 8.73. The predicted octanol–water partition coefficient (Wildman–Crippen LogP) is 0.868. The fourth-order valence-electron chi connectivity index (χ4n) is 1.41. The van der Waals surface area contributed by atoms with Crippen molar-refractivity contribution in [2.45, 2.75) is 6.10 Å². The third-order valence-electron chi connectivity index (χ3n) is 2.30. The molecule has 0 spiro atoms. The standard InChI is InChI=1S/C13H18O7S/c1-17-8-9-18-10-19-13(14)12(20-21(2,15)16)11-6-4-3-5-7-11/h3-7,12H,8-10H2,1-2H3/t12-/m1/s1. The summed E-state index contributed by atoms with van der Waals surface area (Å²) in [6.07, 6.45) is -0.488. The van der Waals surface area contributed by atoms with E-state index in [-0.39, 0.29) is 13.4 Å². The second-order valence-electron chi connectivity index (χ2n) is 4.07. The summed E-state index contributed by atoms with van der Waals surface area (Å²) in [6, 6.07) is 8.21. The van der Waals surface area contributed by atoms with Crippen molar-refractivity contribution in [1.29, 1.82) is 0 Å². The van der Waals surface area contributed by atoms with Crippen LogP contribution in [0.4, 0.5) is 0 Å². The van der Waals surface area contributed by atoms with Gasteiger partial charge in [-0.2, -0.15) is 8.42 Å². The van der Waals surface area contributed by atoms with E-state index in [1.54, 1.807) is 30.3 Å². The number of ether oxygens (including phenoxy) is 3. The van der Waals surface area contributed by atoms with Crippen LogP contribution in [0.5, 0.6) is 0 Å². The van der Waals surface area contributed by atoms with Gasteiger partial charge in [-0.15, -0.1) is 0 Å². The van der Waals surface area contributed by atoms with Crippen LogP contribution in [0.1, 0.15) is 11.7 Å². The van der Waals surface area contributed by atoms with E-state index >= 15 is 0 Å². The highest BCUT2D eigenvalue weighted by Gasteiger charge is 2.27. The molecule has 0 fully saturated rings. The fourth-order valence-corrected chi connectivity index (χ4v) is 1.95. The van der Waals surface area contributed by atoms with Crippen molar-refractivity contribution in [2.75, 3.05) is 33.4 Å². The minimum absolute atomic E-state index is 0.257. The zero-order valence-electron chi connectivity index (χ0n) is 11.9.